The first kappa shape index (κ1) is 18.0. The lowest BCUT2D eigenvalue weighted by molar-refractivity contribution is -0.0373. The van der Waals surface area contributed by atoms with Gasteiger partial charge in [-0.1, -0.05) is 6.07 Å². The number of carbonyl (C=O) groups is 1. The van der Waals surface area contributed by atoms with Crippen LogP contribution in [0.5, 0.6) is 5.75 Å². The third-order valence-electron chi connectivity index (χ3n) is 5.48. The monoisotopic (exact) mass is 393 g/mol. The number of aromatic nitrogens is 2. The molecule has 5 rings (SSSR count). The van der Waals surface area contributed by atoms with Gasteiger partial charge < -0.3 is 19.7 Å². The van der Waals surface area contributed by atoms with Crippen molar-refractivity contribution in [3.05, 3.63) is 48.4 Å². The highest BCUT2D eigenvalue weighted by Crippen LogP contribution is 2.35. The van der Waals surface area contributed by atoms with Crippen LogP contribution in [0.1, 0.15) is 24.3 Å². The Morgan fingerprint density at radius 3 is 2.93 bits per heavy atom. The Hall–Kier alpha value is -3.10. The summed E-state index contributed by atoms with van der Waals surface area (Å²) in [4.78, 5) is 19.6. The molecular weight excluding hydrogens is 370 g/mol. The Morgan fingerprint density at radius 2 is 2.10 bits per heavy atom. The molecule has 2 aromatic heterocycles. The second kappa shape index (κ2) is 6.47. The molecule has 3 N–H and O–H groups in total. The molecule has 0 saturated carbocycles. The predicted octanol–water partition coefficient (Wildman–Crippen LogP) is 2.30. The van der Waals surface area contributed by atoms with E-state index in [-0.39, 0.29) is 11.4 Å². The van der Waals surface area contributed by atoms with Gasteiger partial charge in [0.2, 0.25) is 6.35 Å². The maximum Gasteiger partial charge on any atom is 0.273 e. The summed E-state index contributed by atoms with van der Waals surface area (Å²) in [6.45, 7) is 5.66. The Labute approximate surface area is 168 Å². The van der Waals surface area contributed by atoms with Crippen LogP contribution in [0.25, 0.3) is 16.8 Å². The quantitative estimate of drug-likeness (QED) is 0.694. The van der Waals surface area contributed by atoms with Crippen molar-refractivity contribution in [1.29, 1.82) is 0 Å². The summed E-state index contributed by atoms with van der Waals surface area (Å²) < 4.78 is 12.9. The lowest BCUT2D eigenvalue weighted by Gasteiger charge is -2.41. The van der Waals surface area contributed by atoms with Gasteiger partial charge in [0.25, 0.3) is 5.91 Å². The van der Waals surface area contributed by atoms with Gasteiger partial charge >= 0.3 is 0 Å². The Balaban J connectivity index is 1.53. The number of carbonyl (C=O) groups excluding carboxylic acids is 1. The second-order valence-corrected chi connectivity index (χ2v) is 8.00. The van der Waals surface area contributed by atoms with E-state index in [0.717, 1.165) is 28.2 Å². The highest BCUT2D eigenvalue weighted by Gasteiger charge is 2.35. The van der Waals surface area contributed by atoms with Gasteiger partial charge in [0.1, 0.15) is 17.1 Å². The first-order valence-electron chi connectivity index (χ1n) is 9.62. The average Bonchev–Trinajstić information content (AvgIpc) is 3.28. The van der Waals surface area contributed by atoms with Gasteiger partial charge in [-0.2, -0.15) is 0 Å². The molecule has 1 atom stereocenters. The van der Waals surface area contributed by atoms with Crippen LogP contribution < -0.4 is 15.8 Å². The molecule has 0 aliphatic carbocycles. The van der Waals surface area contributed by atoms with Crippen LogP contribution in [0, 0.1) is 0 Å². The van der Waals surface area contributed by atoms with Crippen molar-refractivity contribution in [3.8, 4) is 16.9 Å². The lowest BCUT2D eigenvalue weighted by Crippen LogP contribution is -2.55. The van der Waals surface area contributed by atoms with Crippen molar-refractivity contribution in [1.82, 2.24) is 14.3 Å². The number of pyridine rings is 1. The fourth-order valence-electron chi connectivity index (χ4n) is 3.93. The number of rotatable bonds is 2. The second-order valence-electron chi connectivity index (χ2n) is 8.00. The van der Waals surface area contributed by atoms with E-state index >= 15 is 0 Å². The topological polar surface area (TPSA) is 94.1 Å². The Kier molecular flexibility index (Phi) is 4.01. The molecule has 1 unspecified atom stereocenters. The van der Waals surface area contributed by atoms with Crippen molar-refractivity contribution in [2.24, 2.45) is 5.73 Å². The molecule has 1 aromatic carbocycles. The van der Waals surface area contributed by atoms with Crippen LogP contribution in [0.15, 0.2) is 42.7 Å². The van der Waals surface area contributed by atoms with Crippen molar-refractivity contribution in [2.45, 2.75) is 25.7 Å². The van der Waals surface area contributed by atoms with Gasteiger partial charge in [0.05, 0.1) is 30.6 Å². The SMILES string of the molecule is CC1(C)COCCN1C(=O)c1cnc2ccc(-c3ccc4c(c3)NC(N)O4)cn12. The first-order valence-corrected chi connectivity index (χ1v) is 9.62. The van der Waals surface area contributed by atoms with E-state index in [4.69, 9.17) is 15.2 Å². The maximum atomic E-state index is 13.3. The molecule has 0 spiro atoms. The molecule has 8 heteroatoms. The zero-order chi connectivity index (χ0) is 20.2. The number of morpholine rings is 1. The van der Waals surface area contributed by atoms with Crippen LogP contribution in [0.4, 0.5) is 5.69 Å². The number of anilines is 1. The van der Waals surface area contributed by atoms with Gasteiger partial charge in [-0.25, -0.2) is 4.98 Å². The number of nitrogens with zero attached hydrogens (tertiary/aromatic N) is 3. The minimum Gasteiger partial charge on any atom is -0.456 e. The van der Waals surface area contributed by atoms with Crippen LogP contribution in [0.2, 0.25) is 0 Å². The summed E-state index contributed by atoms with van der Waals surface area (Å²) in [5, 5.41) is 3.09. The van der Waals surface area contributed by atoms with E-state index in [2.05, 4.69) is 10.3 Å². The van der Waals surface area contributed by atoms with Gasteiger partial charge in [-0.15, -0.1) is 0 Å². The molecule has 1 fully saturated rings. The first-order chi connectivity index (χ1) is 13.9. The third kappa shape index (κ3) is 3.01. The average molecular weight is 393 g/mol. The molecule has 0 radical (unpaired) electrons. The van der Waals surface area contributed by atoms with Gasteiger partial charge in [-0.05, 0) is 49.2 Å². The minimum absolute atomic E-state index is 0.0436. The molecule has 2 aliphatic heterocycles. The normalized spacial score (nSPS) is 20.2. The van der Waals surface area contributed by atoms with Crippen LogP contribution in [-0.4, -0.2) is 51.8 Å². The summed E-state index contributed by atoms with van der Waals surface area (Å²) in [5.74, 6) is 0.688. The molecule has 4 heterocycles. The minimum atomic E-state index is -0.530. The number of hydrogen-bond donors (Lipinski definition) is 2. The molecule has 0 bridgehead atoms. The number of nitrogens with two attached hydrogens (primary N) is 1. The highest BCUT2D eigenvalue weighted by molar-refractivity contribution is 5.94. The third-order valence-corrected chi connectivity index (χ3v) is 5.48. The number of ether oxygens (including phenoxy) is 2. The zero-order valence-corrected chi connectivity index (χ0v) is 16.4. The molecule has 29 heavy (non-hydrogen) atoms. The van der Waals surface area contributed by atoms with E-state index in [0.29, 0.717) is 25.5 Å². The number of amides is 1. The van der Waals surface area contributed by atoms with Crippen LogP contribution in [0.3, 0.4) is 0 Å². The van der Waals surface area contributed by atoms with Gasteiger partial charge in [0, 0.05) is 12.7 Å². The van der Waals surface area contributed by atoms with Crippen molar-refractivity contribution >= 4 is 17.2 Å². The van der Waals surface area contributed by atoms with Crippen molar-refractivity contribution in [2.75, 3.05) is 25.1 Å². The number of fused-ring (bicyclic) bond motifs is 2. The molecule has 3 aromatic rings. The summed E-state index contributed by atoms with van der Waals surface area (Å²) in [6.07, 6.45) is 3.06. The summed E-state index contributed by atoms with van der Waals surface area (Å²) in [5.41, 5.74) is 9.51. The van der Waals surface area contributed by atoms with Crippen molar-refractivity contribution < 1.29 is 14.3 Å². The standard InChI is InChI=1S/C21H23N5O3/c1-21(2)12-28-8-7-26(21)19(27)16-10-23-18-6-4-14(11-25(16)18)13-3-5-17-15(9-13)24-20(22)29-17/h3-6,9-11,20,24H,7-8,12,22H2,1-2H3. The van der Waals surface area contributed by atoms with Gasteiger partial charge in [0.15, 0.2) is 0 Å². The smallest absolute Gasteiger partial charge is 0.273 e. The number of imidazole rings is 1. The summed E-state index contributed by atoms with van der Waals surface area (Å²) in [7, 11) is 0. The largest absolute Gasteiger partial charge is 0.456 e. The Morgan fingerprint density at radius 1 is 1.28 bits per heavy atom. The van der Waals surface area contributed by atoms with E-state index in [1.54, 1.807) is 6.20 Å². The summed E-state index contributed by atoms with van der Waals surface area (Å²) >= 11 is 0. The fourth-order valence-corrected chi connectivity index (χ4v) is 3.93. The molecule has 1 amide bonds. The molecular formula is C21H23N5O3. The molecule has 150 valence electrons. The lowest BCUT2D eigenvalue weighted by atomic mass is 10.0. The van der Waals surface area contributed by atoms with E-state index in [1.807, 2.05) is 59.7 Å². The van der Waals surface area contributed by atoms with E-state index in [1.165, 1.54) is 0 Å². The highest BCUT2D eigenvalue weighted by atomic mass is 16.5. The van der Waals surface area contributed by atoms with Gasteiger partial charge in [-0.3, -0.25) is 14.9 Å². The van der Waals surface area contributed by atoms with Crippen LogP contribution >= 0.6 is 0 Å². The molecule has 1 saturated heterocycles. The Bertz CT molecular complexity index is 1110. The maximum absolute atomic E-state index is 13.3. The molecule has 2 aliphatic rings. The van der Waals surface area contributed by atoms with Crippen molar-refractivity contribution in [3.63, 3.8) is 0 Å². The number of hydrogen-bond acceptors (Lipinski definition) is 6. The number of nitrogens with one attached hydrogen (secondary N) is 1. The van der Waals surface area contributed by atoms with E-state index < -0.39 is 6.35 Å². The molecule has 8 nitrogen and oxygen atoms in total. The van der Waals surface area contributed by atoms with Crippen LogP contribution in [-0.2, 0) is 4.74 Å². The van der Waals surface area contributed by atoms with E-state index in [9.17, 15) is 4.79 Å². The zero-order valence-electron chi connectivity index (χ0n) is 16.4. The summed E-state index contributed by atoms with van der Waals surface area (Å²) in [6, 6.07) is 9.77. The number of benzene rings is 1. The predicted molar refractivity (Wildman–Crippen MR) is 109 cm³/mol. The fraction of sp³-hybridized carbons (Fsp3) is 0.333.